The Balaban J connectivity index is 2.01. The summed E-state index contributed by atoms with van der Waals surface area (Å²) >= 11 is 0. The van der Waals surface area contributed by atoms with E-state index in [0.717, 1.165) is 37.1 Å². The summed E-state index contributed by atoms with van der Waals surface area (Å²) in [5.74, 6) is 1.79. The molecule has 90 valence electrons. The summed E-state index contributed by atoms with van der Waals surface area (Å²) in [4.78, 5) is 0. The molecule has 1 N–H and O–H groups in total. The highest BCUT2D eigenvalue weighted by Gasteiger charge is 2.36. The van der Waals surface area contributed by atoms with Crippen molar-refractivity contribution >= 4 is 5.71 Å². The molecule has 2 atom stereocenters. The number of hydrogen-bond acceptors (Lipinski definition) is 3. The molecular formula is C14H17NO2. The van der Waals surface area contributed by atoms with E-state index >= 15 is 0 Å². The van der Waals surface area contributed by atoms with Crippen LogP contribution in [0, 0.1) is 11.8 Å². The molecule has 2 bridgehead atoms. The molecule has 0 radical (unpaired) electrons. The fourth-order valence-electron chi connectivity index (χ4n) is 3.26. The maximum atomic E-state index is 9.14. The molecule has 0 heterocycles. The molecule has 3 nitrogen and oxygen atoms in total. The van der Waals surface area contributed by atoms with E-state index in [1.165, 1.54) is 11.1 Å². The van der Waals surface area contributed by atoms with Gasteiger partial charge < -0.3 is 9.94 Å². The monoisotopic (exact) mass is 231 g/mol. The molecule has 1 fully saturated rings. The summed E-state index contributed by atoms with van der Waals surface area (Å²) < 4.78 is 5.27. The minimum Gasteiger partial charge on any atom is -0.497 e. The van der Waals surface area contributed by atoms with Crippen molar-refractivity contribution in [3.05, 3.63) is 29.3 Å². The summed E-state index contributed by atoms with van der Waals surface area (Å²) in [6, 6.07) is 6.31. The van der Waals surface area contributed by atoms with Crippen LogP contribution in [0.2, 0.25) is 0 Å². The van der Waals surface area contributed by atoms with Gasteiger partial charge in [-0.2, -0.15) is 0 Å². The van der Waals surface area contributed by atoms with Crippen LogP contribution in [0.15, 0.2) is 23.4 Å². The van der Waals surface area contributed by atoms with Gasteiger partial charge in [-0.3, -0.25) is 0 Å². The van der Waals surface area contributed by atoms with E-state index in [9.17, 15) is 0 Å². The topological polar surface area (TPSA) is 41.8 Å². The van der Waals surface area contributed by atoms with Crippen LogP contribution in [0.25, 0.3) is 0 Å². The molecule has 0 aromatic heterocycles. The Morgan fingerprint density at radius 1 is 1.18 bits per heavy atom. The van der Waals surface area contributed by atoms with Crippen LogP contribution in [0.5, 0.6) is 5.75 Å². The predicted octanol–water partition coefficient (Wildman–Crippen LogP) is 2.65. The molecule has 0 amide bonds. The molecule has 1 saturated carbocycles. The molecule has 0 aliphatic heterocycles. The first kappa shape index (κ1) is 10.6. The largest absolute Gasteiger partial charge is 0.497 e. The number of oxime groups is 1. The second-order valence-corrected chi connectivity index (χ2v) is 5.04. The van der Waals surface area contributed by atoms with Gasteiger partial charge in [0.15, 0.2) is 0 Å². The number of hydrogen-bond donors (Lipinski definition) is 1. The van der Waals surface area contributed by atoms with Crippen LogP contribution in [0.3, 0.4) is 0 Å². The third-order valence-electron chi connectivity index (χ3n) is 4.16. The summed E-state index contributed by atoms with van der Waals surface area (Å²) in [5.41, 5.74) is 3.76. The molecule has 2 aliphatic carbocycles. The quantitative estimate of drug-likeness (QED) is 0.596. The van der Waals surface area contributed by atoms with Crippen molar-refractivity contribution < 1.29 is 9.94 Å². The Hall–Kier alpha value is -1.51. The molecule has 1 aromatic rings. The van der Waals surface area contributed by atoms with Gasteiger partial charge in [0.1, 0.15) is 5.75 Å². The molecular weight excluding hydrogens is 214 g/mol. The predicted molar refractivity (Wildman–Crippen MR) is 65.8 cm³/mol. The Kier molecular flexibility index (Phi) is 2.54. The highest BCUT2D eigenvalue weighted by Crippen LogP contribution is 2.38. The Labute approximate surface area is 101 Å². The number of methoxy groups -OCH3 is 1. The van der Waals surface area contributed by atoms with Crippen molar-refractivity contribution in [2.75, 3.05) is 7.11 Å². The fourth-order valence-corrected chi connectivity index (χ4v) is 3.26. The number of nitrogens with zero attached hydrogens (tertiary/aromatic N) is 1. The van der Waals surface area contributed by atoms with E-state index in [2.05, 4.69) is 17.3 Å². The van der Waals surface area contributed by atoms with Crippen molar-refractivity contribution in [2.45, 2.75) is 25.7 Å². The number of ether oxygens (including phenoxy) is 1. The van der Waals surface area contributed by atoms with Crippen molar-refractivity contribution in [1.82, 2.24) is 0 Å². The third-order valence-corrected chi connectivity index (χ3v) is 4.16. The van der Waals surface area contributed by atoms with Gasteiger partial charge in [-0.15, -0.1) is 0 Å². The molecule has 3 rings (SSSR count). The summed E-state index contributed by atoms with van der Waals surface area (Å²) in [5, 5.41) is 12.7. The maximum absolute atomic E-state index is 9.14. The lowest BCUT2D eigenvalue weighted by atomic mass is 9.93. The van der Waals surface area contributed by atoms with Gasteiger partial charge in [-0.25, -0.2) is 0 Å². The van der Waals surface area contributed by atoms with Gasteiger partial charge in [0, 0.05) is 11.8 Å². The van der Waals surface area contributed by atoms with E-state index in [1.807, 2.05) is 6.07 Å². The second kappa shape index (κ2) is 4.06. The third kappa shape index (κ3) is 1.70. The van der Waals surface area contributed by atoms with E-state index in [0.29, 0.717) is 11.8 Å². The zero-order chi connectivity index (χ0) is 11.8. The van der Waals surface area contributed by atoms with E-state index in [1.54, 1.807) is 7.11 Å². The van der Waals surface area contributed by atoms with Gasteiger partial charge in [0.25, 0.3) is 0 Å². The van der Waals surface area contributed by atoms with Gasteiger partial charge in [-0.1, -0.05) is 11.2 Å². The molecule has 0 saturated heterocycles. The Morgan fingerprint density at radius 3 is 2.53 bits per heavy atom. The lowest BCUT2D eigenvalue weighted by Gasteiger charge is -2.13. The van der Waals surface area contributed by atoms with Crippen molar-refractivity contribution in [3.8, 4) is 5.75 Å². The highest BCUT2D eigenvalue weighted by atomic mass is 16.5. The van der Waals surface area contributed by atoms with Crippen LogP contribution in [0.4, 0.5) is 0 Å². The minimum absolute atomic E-state index is 0.429. The average Bonchev–Trinajstić information content (AvgIpc) is 2.64. The first-order chi connectivity index (χ1) is 8.31. The maximum Gasteiger partial charge on any atom is 0.119 e. The standard InChI is InChI=1S/C14H17NO2/c1-17-13-5-4-9-6-10-2-3-11(14(10)15-16)7-12(9)8-13/h4-5,8,10-11,16H,2-3,6-7H2,1H3/b15-14-. The van der Waals surface area contributed by atoms with Crippen LogP contribution in [0.1, 0.15) is 24.0 Å². The van der Waals surface area contributed by atoms with Gasteiger partial charge in [0.2, 0.25) is 0 Å². The first-order valence-corrected chi connectivity index (χ1v) is 6.19. The van der Waals surface area contributed by atoms with Crippen LogP contribution in [-0.2, 0) is 12.8 Å². The SMILES string of the molecule is COc1ccc2c(c1)CC1CCC(C2)/C1=N/O. The smallest absolute Gasteiger partial charge is 0.119 e. The van der Waals surface area contributed by atoms with E-state index < -0.39 is 0 Å². The van der Waals surface area contributed by atoms with Crippen molar-refractivity contribution in [2.24, 2.45) is 17.0 Å². The summed E-state index contributed by atoms with van der Waals surface area (Å²) in [6.07, 6.45) is 4.31. The Morgan fingerprint density at radius 2 is 1.88 bits per heavy atom. The number of fused-ring (bicyclic) bond motifs is 3. The molecule has 17 heavy (non-hydrogen) atoms. The lowest BCUT2D eigenvalue weighted by Crippen LogP contribution is -2.14. The molecule has 1 aromatic carbocycles. The highest BCUT2D eigenvalue weighted by molar-refractivity contribution is 5.91. The van der Waals surface area contributed by atoms with Gasteiger partial charge >= 0.3 is 0 Å². The molecule has 3 heteroatoms. The zero-order valence-corrected chi connectivity index (χ0v) is 10.0. The normalized spacial score (nSPS) is 28.9. The lowest BCUT2D eigenvalue weighted by molar-refractivity contribution is 0.313. The van der Waals surface area contributed by atoms with E-state index in [-0.39, 0.29) is 0 Å². The molecule has 0 spiro atoms. The second-order valence-electron chi connectivity index (χ2n) is 5.04. The molecule has 2 unspecified atom stereocenters. The minimum atomic E-state index is 0.429. The number of benzene rings is 1. The average molecular weight is 231 g/mol. The van der Waals surface area contributed by atoms with Gasteiger partial charge in [0.05, 0.1) is 12.8 Å². The summed E-state index contributed by atoms with van der Waals surface area (Å²) in [6.45, 7) is 0. The Bertz CT molecular complexity index is 467. The van der Waals surface area contributed by atoms with Crippen LogP contribution < -0.4 is 4.74 Å². The van der Waals surface area contributed by atoms with Crippen LogP contribution in [-0.4, -0.2) is 18.0 Å². The van der Waals surface area contributed by atoms with E-state index in [4.69, 9.17) is 9.94 Å². The van der Waals surface area contributed by atoms with Gasteiger partial charge in [-0.05, 0) is 48.9 Å². The van der Waals surface area contributed by atoms with Crippen LogP contribution >= 0.6 is 0 Å². The fraction of sp³-hybridized carbons (Fsp3) is 0.500. The summed E-state index contributed by atoms with van der Waals surface area (Å²) in [7, 11) is 1.70. The zero-order valence-electron chi connectivity index (χ0n) is 10.0. The molecule has 2 aliphatic rings. The van der Waals surface area contributed by atoms with Crippen molar-refractivity contribution in [1.29, 1.82) is 0 Å². The first-order valence-electron chi connectivity index (χ1n) is 6.19. The van der Waals surface area contributed by atoms with Crippen molar-refractivity contribution in [3.63, 3.8) is 0 Å². The number of rotatable bonds is 1.